The highest BCUT2D eigenvalue weighted by Gasteiger charge is 2.41. The van der Waals surface area contributed by atoms with E-state index in [0.717, 1.165) is 41.8 Å². The molecule has 1 aliphatic rings. The first kappa shape index (κ1) is 40.4. The molecule has 1 fully saturated rings. The number of amides is 2. The van der Waals surface area contributed by atoms with Crippen molar-refractivity contribution in [2.24, 2.45) is 0 Å². The third kappa shape index (κ3) is 8.45. The summed E-state index contributed by atoms with van der Waals surface area (Å²) in [7, 11) is -4.20. The number of rotatable bonds is 13. The minimum absolute atomic E-state index is 0.0181. The molecule has 4 N–H and O–H groups in total. The lowest BCUT2D eigenvalue weighted by atomic mass is 9.66. The van der Waals surface area contributed by atoms with Gasteiger partial charge in [-0.05, 0) is 84.8 Å². The number of nitrogens with one attached hydrogen (secondary N) is 3. The zero-order valence-electron chi connectivity index (χ0n) is 30.3. The average molecular weight is 811 g/mol. The molecule has 3 aromatic carbocycles. The van der Waals surface area contributed by atoms with Gasteiger partial charge in [0.25, 0.3) is 15.9 Å². The van der Waals surface area contributed by atoms with Crippen LogP contribution >= 0.6 is 11.3 Å². The molecule has 5 aromatic rings. The number of phenols is 1. The molecule has 2 atom stereocenters. The number of pyridine rings is 1. The van der Waals surface area contributed by atoms with Crippen LogP contribution in [0.3, 0.4) is 0 Å². The van der Waals surface area contributed by atoms with Gasteiger partial charge in [-0.3, -0.25) is 14.6 Å². The van der Waals surface area contributed by atoms with E-state index in [9.17, 15) is 27.5 Å². The molecule has 17 heteroatoms. The van der Waals surface area contributed by atoms with Crippen LogP contribution in [0.4, 0.5) is 22.7 Å². The Kier molecular flexibility index (Phi) is 12.2. The third-order valence-corrected chi connectivity index (χ3v) is 12.7. The van der Waals surface area contributed by atoms with Gasteiger partial charge in [0.1, 0.15) is 29.0 Å². The summed E-state index contributed by atoms with van der Waals surface area (Å²) in [6, 6.07) is 13.1. The number of benzene rings is 3. The van der Waals surface area contributed by atoms with E-state index in [2.05, 4.69) is 25.9 Å². The van der Waals surface area contributed by atoms with Crippen LogP contribution in [0.25, 0.3) is 0 Å². The number of aromatic nitrogens is 2. The van der Waals surface area contributed by atoms with E-state index in [4.69, 9.17) is 0 Å². The number of para-hydroxylation sites is 1. The number of hydrogen-bond donors (Lipinski definition) is 4. The number of anilines is 1. The number of nitrogens with zero attached hydrogens (tertiary/aromatic N) is 3. The lowest BCUT2D eigenvalue weighted by Gasteiger charge is -2.38. The van der Waals surface area contributed by atoms with E-state index < -0.39 is 56.6 Å². The highest BCUT2D eigenvalue weighted by atomic mass is 32.2. The third-order valence-electron chi connectivity index (χ3n) is 9.71. The number of aromatic hydroxyl groups is 1. The summed E-state index contributed by atoms with van der Waals surface area (Å²) in [4.78, 5) is 33.5. The summed E-state index contributed by atoms with van der Waals surface area (Å²) < 4.78 is 90.5. The molecule has 294 valence electrons. The highest BCUT2D eigenvalue weighted by molar-refractivity contribution is 7.89. The van der Waals surface area contributed by atoms with Gasteiger partial charge in [0.15, 0.2) is 10.2 Å². The lowest BCUT2D eigenvalue weighted by molar-refractivity contribution is -0.114. The molecule has 11 nitrogen and oxygen atoms in total. The van der Waals surface area contributed by atoms with Crippen molar-refractivity contribution >= 4 is 38.3 Å². The minimum atomic E-state index is -4.20. The predicted octanol–water partition coefficient (Wildman–Crippen LogP) is 5.82. The Morgan fingerprint density at radius 3 is 2.41 bits per heavy atom. The number of carbonyl (C=O) groups is 2. The maximum Gasteiger partial charge on any atom is 0.262 e. The van der Waals surface area contributed by atoms with Gasteiger partial charge in [-0.2, -0.15) is 4.31 Å². The van der Waals surface area contributed by atoms with Crippen molar-refractivity contribution in [2.75, 3.05) is 31.5 Å². The van der Waals surface area contributed by atoms with E-state index in [1.54, 1.807) is 19.1 Å². The Labute approximate surface area is 324 Å². The van der Waals surface area contributed by atoms with Gasteiger partial charge in [0.2, 0.25) is 5.91 Å². The second kappa shape index (κ2) is 16.9. The molecule has 1 saturated heterocycles. The van der Waals surface area contributed by atoms with E-state index >= 15 is 13.2 Å². The zero-order chi connectivity index (χ0) is 40.2. The maximum absolute atomic E-state index is 16.3. The Morgan fingerprint density at radius 1 is 1.00 bits per heavy atom. The number of halogens is 4. The van der Waals surface area contributed by atoms with Gasteiger partial charge in [0, 0.05) is 61.7 Å². The van der Waals surface area contributed by atoms with Crippen LogP contribution in [0.5, 0.6) is 5.75 Å². The molecule has 0 aliphatic carbocycles. The molecule has 2 aromatic heterocycles. The summed E-state index contributed by atoms with van der Waals surface area (Å²) in [6.07, 6.45) is 2.18. The SMILES string of the molecule is CC(=O)Nc1nc(S(=O)(=O)N2CCNC[C@@H]2CCc2c(F)cncc2[C@@](CCNC(=O)c2ccccc2O)(c2ccc(F)cc2)c2cc(F)cc(F)c2)c(C)s1. The second-order valence-electron chi connectivity index (χ2n) is 13.3. The molecule has 0 saturated carbocycles. The van der Waals surface area contributed by atoms with E-state index in [-0.39, 0.29) is 77.1 Å². The molecule has 0 bridgehead atoms. The maximum atomic E-state index is 16.3. The van der Waals surface area contributed by atoms with Crippen molar-refractivity contribution in [3.8, 4) is 5.75 Å². The van der Waals surface area contributed by atoms with E-state index in [1.807, 2.05) is 0 Å². The molecule has 0 unspecified atom stereocenters. The average Bonchev–Trinajstić information content (AvgIpc) is 3.53. The summed E-state index contributed by atoms with van der Waals surface area (Å²) in [5, 5.41) is 18.6. The standard InChI is InChI=1S/C39H38F4N6O5S2/c1-23-37(48-38(55-23)47-24(2)50)56(53,54)49-16-15-44-20-30(49)11-12-31-33(21-45-22-34(31)43)39(25-7-9-27(40)10-8-25,26-17-28(41)19-29(42)18-26)13-14-46-36(52)32-5-3-4-6-35(32)51/h3-10,17-19,21-22,30,44,51H,11-16,20H2,1-2H3,(H,46,52)(H,47,48,50)/t30-,39-/m0/s1. The minimum Gasteiger partial charge on any atom is -0.507 e. The first-order valence-electron chi connectivity index (χ1n) is 17.6. The fraction of sp³-hybridized carbons (Fsp3) is 0.282. The first-order valence-corrected chi connectivity index (χ1v) is 19.9. The van der Waals surface area contributed by atoms with Gasteiger partial charge >= 0.3 is 0 Å². The molecule has 6 rings (SSSR count). The van der Waals surface area contributed by atoms with Crippen molar-refractivity contribution in [1.29, 1.82) is 0 Å². The monoisotopic (exact) mass is 810 g/mol. The van der Waals surface area contributed by atoms with Crippen molar-refractivity contribution in [1.82, 2.24) is 24.9 Å². The lowest BCUT2D eigenvalue weighted by Crippen LogP contribution is -2.53. The van der Waals surface area contributed by atoms with Crippen LogP contribution in [0.1, 0.15) is 57.3 Å². The highest BCUT2D eigenvalue weighted by Crippen LogP contribution is 2.45. The topological polar surface area (TPSA) is 154 Å². The Bertz CT molecular complexity index is 2340. The largest absolute Gasteiger partial charge is 0.507 e. The van der Waals surface area contributed by atoms with Gasteiger partial charge in [0.05, 0.1) is 11.8 Å². The molecule has 0 radical (unpaired) electrons. The Morgan fingerprint density at radius 2 is 1.71 bits per heavy atom. The number of thiazole rings is 1. The van der Waals surface area contributed by atoms with E-state index in [1.165, 1.54) is 41.7 Å². The quantitative estimate of drug-likeness (QED) is 0.109. The first-order chi connectivity index (χ1) is 26.7. The normalized spacial score (nSPS) is 15.9. The number of piperazine rings is 1. The Balaban J connectivity index is 1.42. The molecule has 3 heterocycles. The van der Waals surface area contributed by atoms with Crippen LogP contribution in [0.15, 0.2) is 84.1 Å². The van der Waals surface area contributed by atoms with Crippen LogP contribution in [0.2, 0.25) is 0 Å². The Hall–Kier alpha value is -5.23. The van der Waals surface area contributed by atoms with Crippen LogP contribution in [-0.2, 0) is 26.7 Å². The summed E-state index contributed by atoms with van der Waals surface area (Å²) in [5.41, 5.74) is -1.16. The second-order valence-corrected chi connectivity index (χ2v) is 16.3. The van der Waals surface area contributed by atoms with Crippen molar-refractivity contribution < 1.29 is 40.7 Å². The summed E-state index contributed by atoms with van der Waals surface area (Å²) in [6.45, 7) is 3.30. The molecule has 1 aliphatic heterocycles. The van der Waals surface area contributed by atoms with Crippen LogP contribution < -0.4 is 16.0 Å². The van der Waals surface area contributed by atoms with Crippen molar-refractivity contribution in [3.63, 3.8) is 0 Å². The number of aryl methyl sites for hydroxylation is 1. The predicted molar refractivity (Wildman–Crippen MR) is 202 cm³/mol. The van der Waals surface area contributed by atoms with Crippen molar-refractivity contribution in [3.05, 3.63) is 135 Å². The number of carbonyl (C=O) groups excluding carboxylic acids is 2. The smallest absolute Gasteiger partial charge is 0.262 e. The van der Waals surface area contributed by atoms with Gasteiger partial charge < -0.3 is 21.1 Å². The fourth-order valence-corrected chi connectivity index (χ4v) is 10.1. The molecular formula is C39H38F4N6O5S2. The molecule has 0 spiro atoms. The van der Waals surface area contributed by atoms with Crippen molar-refractivity contribution in [2.45, 2.75) is 49.6 Å². The van der Waals surface area contributed by atoms with E-state index in [0.29, 0.717) is 23.1 Å². The number of hydrogen-bond acceptors (Lipinski definition) is 9. The number of sulfonamides is 1. The van der Waals surface area contributed by atoms with Gasteiger partial charge in [-0.15, -0.1) is 11.3 Å². The summed E-state index contributed by atoms with van der Waals surface area (Å²) in [5.74, 6) is -4.60. The fourth-order valence-electron chi connectivity index (χ4n) is 7.20. The van der Waals surface area contributed by atoms with Crippen LogP contribution in [0, 0.1) is 30.2 Å². The van der Waals surface area contributed by atoms with Gasteiger partial charge in [-0.25, -0.2) is 31.0 Å². The molecule has 2 amide bonds. The molecule has 56 heavy (non-hydrogen) atoms. The van der Waals surface area contributed by atoms with Gasteiger partial charge in [-0.1, -0.05) is 24.3 Å². The summed E-state index contributed by atoms with van der Waals surface area (Å²) >= 11 is 1.02. The van der Waals surface area contributed by atoms with Crippen LogP contribution in [-0.4, -0.2) is 71.8 Å². The zero-order valence-corrected chi connectivity index (χ0v) is 31.9. The number of phenolic OH excluding ortho intramolecular Hbond substituents is 1. The molecular weight excluding hydrogens is 773 g/mol.